The van der Waals surface area contributed by atoms with E-state index < -0.39 is 0 Å². The molecule has 1 aliphatic heterocycles. The van der Waals surface area contributed by atoms with Gasteiger partial charge in [0.05, 0.1) is 18.8 Å². The summed E-state index contributed by atoms with van der Waals surface area (Å²) in [4.78, 5) is 24.2. The van der Waals surface area contributed by atoms with Crippen molar-refractivity contribution in [1.82, 2.24) is 15.2 Å². The number of piperidine rings is 1. The zero-order valence-electron chi connectivity index (χ0n) is 14.5. The van der Waals surface area contributed by atoms with Crippen LogP contribution < -0.4 is 16.0 Å². The van der Waals surface area contributed by atoms with E-state index in [0.717, 1.165) is 23.7 Å². The monoisotopic (exact) mass is 354 g/mol. The number of nitrogens with two attached hydrogens (primary N) is 1. The van der Waals surface area contributed by atoms with E-state index in [0.29, 0.717) is 32.2 Å². The lowest BCUT2D eigenvalue weighted by molar-refractivity contribution is 0.0963. The molecule has 1 aliphatic rings. The van der Waals surface area contributed by atoms with Gasteiger partial charge in [-0.05, 0) is 19.8 Å². The summed E-state index contributed by atoms with van der Waals surface area (Å²) in [7, 11) is 3.93. The van der Waals surface area contributed by atoms with Crippen LogP contribution in [0.25, 0.3) is 0 Å². The molecule has 0 aliphatic carbocycles. The first-order valence-electron chi connectivity index (χ1n) is 8.09. The fourth-order valence-electron chi connectivity index (χ4n) is 2.42. The van der Waals surface area contributed by atoms with Gasteiger partial charge in [-0.25, -0.2) is 14.8 Å². The Labute approximate surface area is 146 Å². The third-order valence-corrected chi connectivity index (χ3v) is 4.76. The number of thiazole rings is 1. The standard InChI is InChI=1S/C15H26N6O2S/c1-4-23-15(22)21-7-5-11(6-8-21)18-13(16)17-9-12-10-24-14(19-12)20(2)3/h10-11H,4-9H2,1-3H3,(H3,16,17,18). The van der Waals surface area contributed by atoms with Crippen LogP contribution in [-0.2, 0) is 11.3 Å². The van der Waals surface area contributed by atoms with Gasteiger partial charge in [-0.1, -0.05) is 0 Å². The molecular weight excluding hydrogens is 328 g/mol. The van der Waals surface area contributed by atoms with Crippen LogP contribution in [0.2, 0.25) is 0 Å². The van der Waals surface area contributed by atoms with Crippen LogP contribution in [-0.4, -0.2) is 61.8 Å². The molecule has 8 nitrogen and oxygen atoms in total. The second-order valence-electron chi connectivity index (χ2n) is 5.82. The van der Waals surface area contributed by atoms with E-state index in [4.69, 9.17) is 10.5 Å². The van der Waals surface area contributed by atoms with E-state index in [2.05, 4.69) is 15.3 Å². The van der Waals surface area contributed by atoms with Crippen molar-refractivity contribution in [2.75, 3.05) is 38.7 Å². The minimum absolute atomic E-state index is 0.229. The van der Waals surface area contributed by atoms with Gasteiger partial charge in [0.15, 0.2) is 11.1 Å². The lowest BCUT2D eigenvalue weighted by atomic mass is 10.1. The van der Waals surface area contributed by atoms with Crippen LogP contribution in [0, 0.1) is 0 Å². The first-order chi connectivity index (χ1) is 11.5. The predicted molar refractivity (Wildman–Crippen MR) is 96.5 cm³/mol. The number of hydrogen-bond acceptors (Lipinski definition) is 6. The molecule has 0 spiro atoms. The Kier molecular flexibility index (Phi) is 6.65. The number of nitrogens with one attached hydrogen (secondary N) is 1. The van der Waals surface area contributed by atoms with Crippen molar-refractivity contribution < 1.29 is 9.53 Å². The lowest BCUT2D eigenvalue weighted by Crippen LogP contribution is -2.48. The minimum Gasteiger partial charge on any atom is -0.450 e. The maximum absolute atomic E-state index is 11.7. The van der Waals surface area contributed by atoms with Crippen molar-refractivity contribution in [3.63, 3.8) is 0 Å². The third kappa shape index (κ3) is 5.26. The lowest BCUT2D eigenvalue weighted by Gasteiger charge is -2.31. The second-order valence-corrected chi connectivity index (χ2v) is 6.66. The summed E-state index contributed by atoms with van der Waals surface area (Å²) in [6.07, 6.45) is 1.42. The Morgan fingerprint density at radius 1 is 1.54 bits per heavy atom. The first-order valence-corrected chi connectivity index (χ1v) is 8.97. The Bertz CT molecular complexity index is 566. The first kappa shape index (κ1) is 18.3. The Morgan fingerprint density at radius 3 is 2.83 bits per heavy atom. The minimum atomic E-state index is -0.238. The summed E-state index contributed by atoms with van der Waals surface area (Å²) in [6.45, 7) is 4.02. The summed E-state index contributed by atoms with van der Waals surface area (Å²) in [5.74, 6) is 0.420. The quantitative estimate of drug-likeness (QED) is 0.610. The number of likely N-dealkylation sites (tertiary alicyclic amines) is 1. The molecule has 1 saturated heterocycles. The Balaban J connectivity index is 1.76. The molecule has 0 radical (unpaired) electrons. The van der Waals surface area contributed by atoms with Gasteiger partial charge in [-0.2, -0.15) is 0 Å². The zero-order valence-corrected chi connectivity index (χ0v) is 15.3. The van der Waals surface area contributed by atoms with E-state index in [1.54, 1.807) is 16.2 Å². The fourth-order valence-corrected chi connectivity index (χ4v) is 3.17. The molecule has 1 amide bonds. The summed E-state index contributed by atoms with van der Waals surface area (Å²) in [5, 5.41) is 6.17. The third-order valence-electron chi connectivity index (χ3n) is 3.71. The number of anilines is 1. The van der Waals surface area contributed by atoms with Crippen LogP contribution in [0.15, 0.2) is 10.4 Å². The molecule has 0 bridgehead atoms. The molecule has 0 aromatic carbocycles. The van der Waals surface area contributed by atoms with Crippen molar-refractivity contribution in [3.8, 4) is 0 Å². The van der Waals surface area contributed by atoms with Gasteiger partial charge in [0, 0.05) is 38.6 Å². The van der Waals surface area contributed by atoms with Crippen LogP contribution in [0.3, 0.4) is 0 Å². The van der Waals surface area contributed by atoms with Gasteiger partial charge >= 0.3 is 6.09 Å². The largest absolute Gasteiger partial charge is 0.450 e. The maximum Gasteiger partial charge on any atom is 0.409 e. The molecule has 134 valence electrons. The van der Waals surface area contributed by atoms with Crippen molar-refractivity contribution in [3.05, 3.63) is 11.1 Å². The summed E-state index contributed by atoms with van der Waals surface area (Å²) >= 11 is 1.59. The number of hydrogen-bond donors (Lipinski definition) is 2. The molecule has 2 heterocycles. The molecular formula is C15H26N6O2S. The number of ether oxygens (including phenoxy) is 1. The molecule has 9 heteroatoms. The van der Waals surface area contributed by atoms with Gasteiger partial charge < -0.3 is 25.6 Å². The normalized spacial score (nSPS) is 16.1. The second kappa shape index (κ2) is 8.72. The Morgan fingerprint density at radius 2 is 2.25 bits per heavy atom. The van der Waals surface area contributed by atoms with Crippen molar-refractivity contribution in [1.29, 1.82) is 0 Å². The summed E-state index contributed by atoms with van der Waals surface area (Å²) in [6, 6.07) is 0.229. The average Bonchev–Trinajstić information content (AvgIpc) is 3.03. The van der Waals surface area contributed by atoms with E-state index >= 15 is 0 Å². The predicted octanol–water partition coefficient (Wildman–Crippen LogP) is 1.23. The summed E-state index contributed by atoms with van der Waals surface area (Å²) < 4.78 is 5.01. The highest BCUT2D eigenvalue weighted by molar-refractivity contribution is 7.13. The highest BCUT2D eigenvalue weighted by Gasteiger charge is 2.23. The topological polar surface area (TPSA) is 96.1 Å². The van der Waals surface area contributed by atoms with Gasteiger partial charge in [-0.3, -0.25) is 0 Å². The van der Waals surface area contributed by atoms with Crippen LogP contribution in [0.1, 0.15) is 25.5 Å². The molecule has 0 atom stereocenters. The van der Waals surface area contributed by atoms with E-state index in [9.17, 15) is 4.79 Å². The number of nitrogens with zero attached hydrogens (tertiary/aromatic N) is 4. The highest BCUT2D eigenvalue weighted by atomic mass is 32.1. The maximum atomic E-state index is 11.7. The molecule has 2 rings (SSSR count). The number of aromatic nitrogens is 1. The van der Waals surface area contributed by atoms with Gasteiger partial charge in [-0.15, -0.1) is 11.3 Å². The van der Waals surface area contributed by atoms with E-state index in [1.165, 1.54) is 0 Å². The molecule has 0 saturated carbocycles. The number of aliphatic imine (C=N–C) groups is 1. The average molecular weight is 354 g/mol. The van der Waals surface area contributed by atoms with Gasteiger partial charge in [0.1, 0.15) is 0 Å². The zero-order chi connectivity index (χ0) is 17.5. The van der Waals surface area contributed by atoms with E-state index in [1.807, 2.05) is 31.3 Å². The van der Waals surface area contributed by atoms with Gasteiger partial charge in [0.2, 0.25) is 0 Å². The van der Waals surface area contributed by atoms with Crippen LogP contribution >= 0.6 is 11.3 Å². The number of carbonyl (C=O) groups excluding carboxylic acids is 1. The van der Waals surface area contributed by atoms with Crippen molar-refractivity contribution in [2.45, 2.75) is 32.4 Å². The smallest absolute Gasteiger partial charge is 0.409 e. The number of carbonyl (C=O) groups is 1. The SMILES string of the molecule is CCOC(=O)N1CCC(NC(N)=NCc2csc(N(C)C)n2)CC1. The fraction of sp³-hybridized carbons (Fsp3) is 0.667. The molecule has 1 aromatic rings. The molecule has 1 fully saturated rings. The highest BCUT2D eigenvalue weighted by Crippen LogP contribution is 2.18. The van der Waals surface area contributed by atoms with Crippen molar-refractivity contribution in [2.24, 2.45) is 10.7 Å². The van der Waals surface area contributed by atoms with E-state index in [-0.39, 0.29) is 12.1 Å². The van der Waals surface area contributed by atoms with Gasteiger partial charge in [0.25, 0.3) is 0 Å². The molecule has 0 unspecified atom stereocenters. The molecule has 3 N–H and O–H groups in total. The molecule has 24 heavy (non-hydrogen) atoms. The van der Waals surface area contributed by atoms with Crippen LogP contribution in [0.5, 0.6) is 0 Å². The summed E-state index contributed by atoms with van der Waals surface area (Å²) in [5.41, 5.74) is 6.87. The Hall–Kier alpha value is -2.03. The van der Waals surface area contributed by atoms with Crippen molar-refractivity contribution >= 4 is 28.5 Å². The van der Waals surface area contributed by atoms with Crippen LogP contribution in [0.4, 0.5) is 9.93 Å². The number of rotatable bonds is 5. The number of guanidine groups is 1. The number of amides is 1. The molecule has 1 aromatic heterocycles.